The topological polar surface area (TPSA) is 51.3 Å². The van der Waals surface area contributed by atoms with E-state index in [1.807, 2.05) is 0 Å². The summed E-state index contributed by atoms with van der Waals surface area (Å²) in [5.74, 6) is -0.310. The summed E-state index contributed by atoms with van der Waals surface area (Å²) in [5, 5.41) is 0.140. The van der Waals surface area contributed by atoms with E-state index in [0.717, 1.165) is 0 Å². The molecule has 88 valence electrons. The zero-order valence-electron chi connectivity index (χ0n) is 8.09. The predicted molar refractivity (Wildman–Crippen MR) is 55.8 cm³/mol. The highest BCUT2D eigenvalue weighted by atomic mass is 35.5. The number of aromatic nitrogens is 1. The molecule has 7 heteroatoms. The number of H-pyrrole nitrogens is 1. The lowest BCUT2D eigenvalue weighted by molar-refractivity contribution is -0.286. The van der Waals surface area contributed by atoms with Gasteiger partial charge in [0.2, 0.25) is 5.43 Å². The number of pyridine rings is 1. The Morgan fingerprint density at radius 1 is 1.24 bits per heavy atom. The number of hydrogen-bond acceptors (Lipinski definition) is 3. The Labute approximate surface area is 97.7 Å². The second-order valence-corrected chi connectivity index (χ2v) is 3.88. The van der Waals surface area contributed by atoms with Gasteiger partial charge in [-0.3, -0.25) is 4.79 Å². The van der Waals surface area contributed by atoms with Crippen LogP contribution in [0.5, 0.6) is 11.5 Å². The second-order valence-electron chi connectivity index (χ2n) is 3.48. The Bertz CT molecular complexity index is 683. The fourth-order valence-electron chi connectivity index (χ4n) is 1.64. The van der Waals surface area contributed by atoms with Crippen LogP contribution in [0.4, 0.5) is 8.78 Å². The van der Waals surface area contributed by atoms with Crippen molar-refractivity contribution in [3.05, 3.63) is 33.6 Å². The molecule has 2 heterocycles. The van der Waals surface area contributed by atoms with E-state index in [2.05, 4.69) is 14.5 Å². The van der Waals surface area contributed by atoms with Gasteiger partial charge in [0.05, 0.1) is 10.9 Å². The molecule has 3 rings (SSSR count). The lowest BCUT2D eigenvalue weighted by Crippen LogP contribution is -2.25. The van der Waals surface area contributed by atoms with E-state index >= 15 is 0 Å². The average molecular weight is 260 g/mol. The molecular formula is C10H4ClF2NO3. The van der Waals surface area contributed by atoms with Crippen molar-refractivity contribution in [2.75, 3.05) is 0 Å². The summed E-state index contributed by atoms with van der Waals surface area (Å²) in [6.07, 6.45) is -2.42. The number of halogens is 3. The zero-order valence-corrected chi connectivity index (χ0v) is 8.85. The molecule has 0 fully saturated rings. The normalized spacial score (nSPS) is 16.4. The van der Waals surface area contributed by atoms with Gasteiger partial charge in [0.15, 0.2) is 11.5 Å². The molecule has 0 atom stereocenters. The first-order valence-electron chi connectivity index (χ1n) is 4.57. The van der Waals surface area contributed by atoms with Crippen LogP contribution >= 0.6 is 11.6 Å². The van der Waals surface area contributed by atoms with Crippen LogP contribution in [0.3, 0.4) is 0 Å². The first-order valence-corrected chi connectivity index (χ1v) is 4.95. The zero-order chi connectivity index (χ0) is 12.2. The van der Waals surface area contributed by atoms with Crippen LogP contribution in [0.25, 0.3) is 10.9 Å². The van der Waals surface area contributed by atoms with E-state index in [4.69, 9.17) is 11.6 Å². The Kier molecular flexibility index (Phi) is 1.89. The molecule has 0 amide bonds. The Morgan fingerprint density at radius 2 is 1.88 bits per heavy atom. The van der Waals surface area contributed by atoms with Gasteiger partial charge >= 0.3 is 6.29 Å². The highest BCUT2D eigenvalue weighted by Gasteiger charge is 2.43. The van der Waals surface area contributed by atoms with Crippen LogP contribution in [-0.2, 0) is 0 Å². The maximum Gasteiger partial charge on any atom is 0.586 e. The number of nitrogens with one attached hydrogen (secondary N) is 1. The number of fused-ring (bicyclic) bond motifs is 2. The van der Waals surface area contributed by atoms with Gasteiger partial charge in [-0.25, -0.2) is 0 Å². The van der Waals surface area contributed by atoms with Crippen molar-refractivity contribution >= 4 is 22.5 Å². The summed E-state index contributed by atoms with van der Waals surface area (Å²) in [6, 6.07) is 2.44. The molecule has 0 spiro atoms. The van der Waals surface area contributed by atoms with Crippen LogP contribution in [-0.4, -0.2) is 11.3 Å². The molecule has 17 heavy (non-hydrogen) atoms. The third kappa shape index (κ3) is 1.52. The fraction of sp³-hybridized carbons (Fsp3) is 0.100. The first kappa shape index (κ1) is 10.3. The molecule has 0 aliphatic carbocycles. The Hall–Kier alpha value is -1.82. The summed E-state index contributed by atoms with van der Waals surface area (Å²) >= 11 is 5.63. The molecule has 0 radical (unpaired) electrons. The highest BCUT2D eigenvalue weighted by Crippen LogP contribution is 2.42. The van der Waals surface area contributed by atoms with Gasteiger partial charge in [-0.2, -0.15) is 0 Å². The quantitative estimate of drug-likeness (QED) is 0.791. The third-order valence-electron chi connectivity index (χ3n) is 2.36. The van der Waals surface area contributed by atoms with Crippen LogP contribution in [0.1, 0.15) is 0 Å². The monoisotopic (exact) mass is 259 g/mol. The summed E-state index contributed by atoms with van der Waals surface area (Å²) in [6.45, 7) is 0. The number of rotatable bonds is 0. The molecule has 1 aliphatic heterocycles. The Morgan fingerprint density at radius 3 is 2.59 bits per heavy atom. The predicted octanol–water partition coefficient (Wildman–Crippen LogP) is 2.50. The van der Waals surface area contributed by atoms with Crippen molar-refractivity contribution in [3.63, 3.8) is 0 Å². The molecule has 0 saturated carbocycles. The second kappa shape index (κ2) is 3.10. The molecule has 0 unspecified atom stereocenters. The van der Waals surface area contributed by atoms with Gasteiger partial charge in [0.25, 0.3) is 0 Å². The Balaban J connectivity index is 2.31. The minimum Gasteiger partial charge on any atom is -0.395 e. The summed E-state index contributed by atoms with van der Waals surface area (Å²) in [7, 11) is 0. The molecular weight excluding hydrogens is 256 g/mol. The summed E-state index contributed by atoms with van der Waals surface area (Å²) in [5.41, 5.74) is -0.110. The van der Waals surface area contributed by atoms with Gasteiger partial charge in [-0.1, -0.05) is 11.6 Å². The summed E-state index contributed by atoms with van der Waals surface area (Å²) in [4.78, 5) is 14.4. The number of alkyl halides is 2. The standard InChI is InChI=1S/C10H4ClF2NO3/c11-5-3-14-6-2-8-7(1-4(6)9(5)15)16-10(12,13)17-8/h1-3H,(H,14,15). The van der Waals surface area contributed by atoms with E-state index < -0.39 is 11.7 Å². The smallest absolute Gasteiger partial charge is 0.395 e. The van der Waals surface area contributed by atoms with Crippen molar-refractivity contribution in [1.29, 1.82) is 0 Å². The van der Waals surface area contributed by atoms with Crippen molar-refractivity contribution in [1.82, 2.24) is 4.98 Å². The average Bonchev–Trinajstić information content (AvgIpc) is 2.54. The van der Waals surface area contributed by atoms with Crippen LogP contribution < -0.4 is 14.9 Å². The molecule has 2 aromatic rings. The largest absolute Gasteiger partial charge is 0.586 e. The summed E-state index contributed by atoms with van der Waals surface area (Å²) < 4.78 is 34.1. The lowest BCUT2D eigenvalue weighted by atomic mass is 10.2. The molecule has 4 nitrogen and oxygen atoms in total. The molecule has 1 N–H and O–H groups in total. The van der Waals surface area contributed by atoms with Gasteiger partial charge < -0.3 is 14.5 Å². The fourth-order valence-corrected chi connectivity index (χ4v) is 1.80. The van der Waals surface area contributed by atoms with Crippen molar-refractivity contribution in [3.8, 4) is 11.5 Å². The number of ether oxygens (including phenoxy) is 2. The number of hydrogen-bond donors (Lipinski definition) is 1. The van der Waals surface area contributed by atoms with Crippen molar-refractivity contribution < 1.29 is 18.3 Å². The van der Waals surface area contributed by atoms with E-state index in [1.165, 1.54) is 18.3 Å². The molecule has 0 saturated heterocycles. The van der Waals surface area contributed by atoms with E-state index in [0.29, 0.717) is 5.52 Å². The van der Waals surface area contributed by atoms with Crippen LogP contribution in [0.15, 0.2) is 23.1 Å². The van der Waals surface area contributed by atoms with E-state index in [9.17, 15) is 13.6 Å². The number of aromatic amines is 1. The van der Waals surface area contributed by atoms with Gasteiger partial charge in [-0.05, 0) is 6.07 Å². The molecule has 1 aliphatic rings. The van der Waals surface area contributed by atoms with Gasteiger partial charge in [-0.15, -0.1) is 8.78 Å². The highest BCUT2D eigenvalue weighted by molar-refractivity contribution is 6.31. The van der Waals surface area contributed by atoms with E-state index in [1.54, 1.807) is 0 Å². The van der Waals surface area contributed by atoms with Gasteiger partial charge in [0.1, 0.15) is 5.02 Å². The molecule has 1 aromatic heterocycles. The van der Waals surface area contributed by atoms with E-state index in [-0.39, 0.29) is 21.9 Å². The molecule has 1 aromatic carbocycles. The lowest BCUT2D eigenvalue weighted by Gasteiger charge is -2.04. The maximum absolute atomic E-state index is 12.8. The first-order chi connectivity index (χ1) is 7.96. The van der Waals surface area contributed by atoms with Gasteiger partial charge in [0, 0.05) is 12.3 Å². The van der Waals surface area contributed by atoms with Crippen LogP contribution in [0, 0.1) is 0 Å². The third-order valence-corrected chi connectivity index (χ3v) is 2.64. The maximum atomic E-state index is 12.8. The minimum atomic E-state index is -3.70. The van der Waals surface area contributed by atoms with Crippen LogP contribution in [0.2, 0.25) is 5.02 Å². The molecule has 0 bridgehead atoms. The van der Waals surface area contributed by atoms with Crippen molar-refractivity contribution in [2.24, 2.45) is 0 Å². The minimum absolute atomic E-state index is 0.0249. The number of benzene rings is 1. The SMILES string of the molecule is O=c1c(Cl)c[nH]c2cc3c(cc12)OC(F)(F)O3. The van der Waals surface area contributed by atoms with Crippen molar-refractivity contribution in [2.45, 2.75) is 6.29 Å².